The predicted molar refractivity (Wildman–Crippen MR) is 75.9 cm³/mol. The maximum absolute atomic E-state index is 10.1. The summed E-state index contributed by atoms with van der Waals surface area (Å²) in [6.45, 7) is 6.23. The molecular weight excluding hydrogens is 300 g/mol. The minimum absolute atomic E-state index is 0.0409. The van der Waals surface area contributed by atoms with Crippen LogP contribution >= 0.6 is 15.9 Å². The van der Waals surface area contributed by atoms with Crippen LogP contribution in [-0.2, 0) is 4.74 Å². The summed E-state index contributed by atoms with van der Waals surface area (Å²) in [6, 6.07) is 0. The fraction of sp³-hybridized carbons (Fsp3) is 1.00. The average Bonchev–Trinajstić information content (AvgIpc) is 2.35. The largest absolute Gasteiger partial charge is 0.394 e. The maximum atomic E-state index is 10.1. The first-order chi connectivity index (χ1) is 8.36. The molecule has 0 rings (SSSR count). The number of halogens is 1. The molecule has 5 heteroatoms. The zero-order valence-corrected chi connectivity index (χ0v) is 13.2. The van der Waals surface area contributed by atoms with Gasteiger partial charge in [0.25, 0.3) is 0 Å². The average molecular weight is 327 g/mol. The van der Waals surface area contributed by atoms with Gasteiger partial charge in [-0.3, -0.25) is 0 Å². The molecule has 4 atom stereocenters. The van der Waals surface area contributed by atoms with Crippen LogP contribution in [0.15, 0.2) is 0 Å². The highest BCUT2D eigenvalue weighted by Gasteiger charge is 2.27. The van der Waals surface area contributed by atoms with Gasteiger partial charge in [-0.25, -0.2) is 0 Å². The Bertz CT molecular complexity index is 211. The van der Waals surface area contributed by atoms with Crippen molar-refractivity contribution >= 4 is 15.9 Å². The molecule has 0 heterocycles. The standard InChI is InChI=1S/C13H27BrO4/c1-4-10(6-13(3,14)5-2)12(17)9-18-8-11(16)7-15/h10-12,15-17H,4-9H2,1-3H3. The molecule has 0 aromatic heterocycles. The van der Waals surface area contributed by atoms with Crippen LogP contribution in [0, 0.1) is 5.92 Å². The van der Waals surface area contributed by atoms with Gasteiger partial charge in [-0.1, -0.05) is 36.2 Å². The summed E-state index contributed by atoms with van der Waals surface area (Å²) >= 11 is 3.67. The fourth-order valence-corrected chi connectivity index (χ4v) is 2.17. The number of aliphatic hydroxyl groups excluding tert-OH is 3. The first-order valence-electron chi connectivity index (χ1n) is 6.59. The summed E-state index contributed by atoms with van der Waals surface area (Å²) in [5, 5.41) is 27.8. The van der Waals surface area contributed by atoms with Crippen LogP contribution in [0.2, 0.25) is 0 Å². The fourth-order valence-electron chi connectivity index (χ4n) is 1.76. The van der Waals surface area contributed by atoms with Gasteiger partial charge in [0.2, 0.25) is 0 Å². The van der Waals surface area contributed by atoms with Gasteiger partial charge >= 0.3 is 0 Å². The van der Waals surface area contributed by atoms with E-state index in [0.717, 1.165) is 19.3 Å². The zero-order valence-electron chi connectivity index (χ0n) is 11.6. The normalized spacial score (nSPS) is 20.2. The Balaban J connectivity index is 4.07. The highest BCUT2D eigenvalue weighted by molar-refractivity contribution is 9.10. The summed E-state index contributed by atoms with van der Waals surface area (Å²) in [6.07, 6.45) is 1.36. The van der Waals surface area contributed by atoms with Gasteiger partial charge in [-0.2, -0.15) is 0 Å². The summed E-state index contributed by atoms with van der Waals surface area (Å²) in [5.41, 5.74) is 0. The molecule has 0 amide bonds. The highest BCUT2D eigenvalue weighted by atomic mass is 79.9. The summed E-state index contributed by atoms with van der Waals surface area (Å²) < 4.78 is 5.24. The molecule has 3 N–H and O–H groups in total. The molecule has 4 unspecified atom stereocenters. The smallest absolute Gasteiger partial charge is 0.100 e. The van der Waals surface area contributed by atoms with Crippen molar-refractivity contribution in [2.24, 2.45) is 5.92 Å². The van der Waals surface area contributed by atoms with Crippen molar-refractivity contribution in [3.63, 3.8) is 0 Å². The Kier molecular flexibility index (Phi) is 9.42. The van der Waals surface area contributed by atoms with E-state index >= 15 is 0 Å². The summed E-state index contributed by atoms with van der Waals surface area (Å²) in [5.74, 6) is 0.167. The van der Waals surface area contributed by atoms with Crippen molar-refractivity contribution in [2.75, 3.05) is 19.8 Å². The number of rotatable bonds is 10. The monoisotopic (exact) mass is 326 g/mol. The topological polar surface area (TPSA) is 69.9 Å². The van der Waals surface area contributed by atoms with Crippen LogP contribution in [-0.4, -0.2) is 51.7 Å². The molecule has 0 aliphatic heterocycles. The van der Waals surface area contributed by atoms with E-state index in [2.05, 4.69) is 36.7 Å². The molecule has 0 bridgehead atoms. The lowest BCUT2D eigenvalue weighted by molar-refractivity contribution is -0.0411. The molecule has 0 saturated carbocycles. The van der Waals surface area contributed by atoms with E-state index < -0.39 is 12.2 Å². The van der Waals surface area contributed by atoms with Gasteiger partial charge in [-0.05, 0) is 25.7 Å². The van der Waals surface area contributed by atoms with Crippen LogP contribution in [0.5, 0.6) is 0 Å². The highest BCUT2D eigenvalue weighted by Crippen LogP contribution is 2.32. The Hall–Kier alpha value is 0.320. The molecule has 0 radical (unpaired) electrons. The lowest BCUT2D eigenvalue weighted by Crippen LogP contribution is -2.32. The van der Waals surface area contributed by atoms with Crippen LogP contribution < -0.4 is 0 Å². The molecule has 0 aromatic carbocycles. The Morgan fingerprint density at radius 2 is 1.83 bits per heavy atom. The third kappa shape index (κ3) is 7.69. The second-order valence-corrected chi connectivity index (χ2v) is 7.00. The van der Waals surface area contributed by atoms with Crippen LogP contribution in [0.4, 0.5) is 0 Å². The number of hydrogen-bond acceptors (Lipinski definition) is 4. The molecule has 4 nitrogen and oxygen atoms in total. The second-order valence-electron chi connectivity index (χ2n) is 5.08. The Morgan fingerprint density at radius 3 is 2.28 bits per heavy atom. The molecule has 18 heavy (non-hydrogen) atoms. The molecule has 0 fully saturated rings. The van der Waals surface area contributed by atoms with Gasteiger partial charge in [0, 0.05) is 4.32 Å². The van der Waals surface area contributed by atoms with Crippen LogP contribution in [0.1, 0.15) is 40.0 Å². The summed E-state index contributed by atoms with van der Waals surface area (Å²) in [4.78, 5) is 0. The van der Waals surface area contributed by atoms with E-state index in [4.69, 9.17) is 14.9 Å². The SMILES string of the molecule is CCC(CC(C)(Br)CC)C(O)COCC(O)CO. The molecule has 0 spiro atoms. The Morgan fingerprint density at radius 1 is 1.22 bits per heavy atom. The minimum Gasteiger partial charge on any atom is -0.394 e. The van der Waals surface area contributed by atoms with E-state index in [1.54, 1.807) is 0 Å². The summed E-state index contributed by atoms with van der Waals surface area (Å²) in [7, 11) is 0. The van der Waals surface area contributed by atoms with E-state index in [9.17, 15) is 5.11 Å². The molecule has 0 aliphatic carbocycles. The van der Waals surface area contributed by atoms with Gasteiger partial charge in [0.1, 0.15) is 6.10 Å². The number of alkyl halides is 1. The van der Waals surface area contributed by atoms with Crippen LogP contribution in [0.25, 0.3) is 0 Å². The van der Waals surface area contributed by atoms with Crippen LogP contribution in [0.3, 0.4) is 0 Å². The molecule has 0 aliphatic rings. The molecule has 0 aromatic rings. The van der Waals surface area contributed by atoms with Crippen molar-refractivity contribution in [2.45, 2.75) is 56.6 Å². The van der Waals surface area contributed by atoms with E-state index in [-0.39, 0.29) is 30.1 Å². The lowest BCUT2D eigenvalue weighted by Gasteiger charge is -2.29. The third-order valence-electron chi connectivity index (χ3n) is 3.30. The minimum atomic E-state index is -0.866. The Labute approximate surface area is 118 Å². The lowest BCUT2D eigenvalue weighted by atomic mass is 9.88. The first kappa shape index (κ1) is 18.3. The van der Waals surface area contributed by atoms with E-state index in [1.807, 2.05) is 0 Å². The maximum Gasteiger partial charge on any atom is 0.100 e. The quantitative estimate of drug-likeness (QED) is 0.534. The van der Waals surface area contributed by atoms with Gasteiger partial charge in [-0.15, -0.1) is 0 Å². The van der Waals surface area contributed by atoms with Gasteiger partial charge in [0.05, 0.1) is 25.9 Å². The third-order valence-corrected chi connectivity index (χ3v) is 4.19. The van der Waals surface area contributed by atoms with Crippen molar-refractivity contribution < 1.29 is 20.1 Å². The van der Waals surface area contributed by atoms with Gasteiger partial charge in [0.15, 0.2) is 0 Å². The van der Waals surface area contributed by atoms with Crippen molar-refractivity contribution in [1.29, 1.82) is 0 Å². The van der Waals surface area contributed by atoms with E-state index in [0.29, 0.717) is 0 Å². The van der Waals surface area contributed by atoms with E-state index in [1.165, 1.54) is 0 Å². The molecule has 0 saturated heterocycles. The van der Waals surface area contributed by atoms with Crippen molar-refractivity contribution in [3.05, 3.63) is 0 Å². The predicted octanol–water partition coefficient (Wildman–Crippen LogP) is 1.70. The second kappa shape index (κ2) is 9.26. The van der Waals surface area contributed by atoms with Crippen molar-refractivity contribution in [3.8, 4) is 0 Å². The zero-order chi connectivity index (χ0) is 14.2. The molecule has 110 valence electrons. The van der Waals surface area contributed by atoms with Gasteiger partial charge < -0.3 is 20.1 Å². The number of hydrogen-bond donors (Lipinski definition) is 3. The first-order valence-corrected chi connectivity index (χ1v) is 7.39. The van der Waals surface area contributed by atoms with Crippen molar-refractivity contribution in [1.82, 2.24) is 0 Å². The molecular formula is C13H27BrO4. The number of aliphatic hydroxyl groups is 3. The number of ether oxygens (including phenoxy) is 1.